The molecule has 3 aromatic heterocycles. The summed E-state index contributed by atoms with van der Waals surface area (Å²) in [5, 5.41) is 0.819. The average molecular weight is 465 g/mol. The molecular formula is C19H19AsF3N5O. The van der Waals surface area contributed by atoms with Crippen LogP contribution >= 0.6 is 0 Å². The van der Waals surface area contributed by atoms with Crippen LogP contribution in [0.25, 0.3) is 22.2 Å². The number of H-pyrrole nitrogens is 1. The molecule has 3 heterocycles. The van der Waals surface area contributed by atoms with E-state index in [0.717, 1.165) is 20.2 Å². The Balaban J connectivity index is 2.10. The van der Waals surface area contributed by atoms with Gasteiger partial charge in [-0.25, -0.2) is 0 Å². The fourth-order valence-corrected chi connectivity index (χ4v) is 3.74. The van der Waals surface area contributed by atoms with Crippen molar-refractivity contribution in [3.8, 4) is 11.1 Å². The van der Waals surface area contributed by atoms with Gasteiger partial charge in [0, 0.05) is 0 Å². The van der Waals surface area contributed by atoms with Gasteiger partial charge in [0.15, 0.2) is 0 Å². The Kier molecular flexibility index (Phi) is 5.89. The van der Waals surface area contributed by atoms with Gasteiger partial charge in [-0.1, -0.05) is 0 Å². The van der Waals surface area contributed by atoms with Gasteiger partial charge in [-0.05, 0) is 0 Å². The zero-order valence-corrected chi connectivity index (χ0v) is 17.6. The van der Waals surface area contributed by atoms with Gasteiger partial charge in [0.1, 0.15) is 0 Å². The van der Waals surface area contributed by atoms with Gasteiger partial charge in [-0.15, -0.1) is 0 Å². The molecule has 0 bridgehead atoms. The number of anilines is 1. The summed E-state index contributed by atoms with van der Waals surface area (Å²) >= 11 is 2.39. The van der Waals surface area contributed by atoms with Crippen LogP contribution in [0.15, 0.2) is 36.9 Å². The number of fused-ring (bicyclic) bond motifs is 1. The second kappa shape index (κ2) is 8.06. The molecule has 0 unspecified atom stereocenters. The van der Waals surface area contributed by atoms with Crippen molar-refractivity contribution in [1.29, 1.82) is 0 Å². The number of carbonyl (C=O) groups is 1. The van der Waals surface area contributed by atoms with E-state index in [1.54, 1.807) is 38.5 Å². The van der Waals surface area contributed by atoms with Crippen LogP contribution in [0.4, 0.5) is 18.9 Å². The van der Waals surface area contributed by atoms with Crippen LogP contribution in [-0.4, -0.2) is 56.5 Å². The number of nitrogens with two attached hydrogens (primary N) is 1. The van der Waals surface area contributed by atoms with Crippen molar-refractivity contribution in [3.63, 3.8) is 0 Å². The van der Waals surface area contributed by atoms with E-state index in [1.807, 2.05) is 6.07 Å². The number of nitrogens with one attached hydrogen (secondary N) is 1. The Morgan fingerprint density at radius 2 is 2.00 bits per heavy atom. The molecule has 0 spiro atoms. The maximum atomic E-state index is 13.3. The van der Waals surface area contributed by atoms with E-state index >= 15 is 0 Å². The van der Waals surface area contributed by atoms with Crippen LogP contribution in [0.3, 0.4) is 0 Å². The molecule has 0 saturated carbocycles. The molecule has 3 aromatic rings. The quantitative estimate of drug-likeness (QED) is 0.547. The van der Waals surface area contributed by atoms with Crippen molar-refractivity contribution >= 4 is 43.8 Å². The zero-order valence-electron chi connectivity index (χ0n) is 15.7. The fraction of sp³-hybridized carbons (Fsp3) is 0.316. The molecule has 1 atom stereocenters. The van der Waals surface area contributed by atoms with Crippen molar-refractivity contribution in [3.05, 3.63) is 36.9 Å². The summed E-state index contributed by atoms with van der Waals surface area (Å²) in [5.41, 5.74) is 7.62. The first kappa shape index (κ1) is 21.2. The van der Waals surface area contributed by atoms with Crippen molar-refractivity contribution in [2.75, 3.05) is 11.4 Å². The van der Waals surface area contributed by atoms with Crippen molar-refractivity contribution in [2.24, 2.45) is 11.7 Å². The molecule has 3 N–H and O–H groups in total. The van der Waals surface area contributed by atoms with Crippen LogP contribution in [0.2, 0.25) is 0 Å². The normalized spacial score (nSPS) is 13.1. The van der Waals surface area contributed by atoms with Gasteiger partial charge < -0.3 is 0 Å². The number of aromatic amines is 1. The monoisotopic (exact) mass is 465 g/mol. The van der Waals surface area contributed by atoms with Gasteiger partial charge in [0.25, 0.3) is 0 Å². The number of primary amides is 1. The molecule has 0 aliphatic heterocycles. The van der Waals surface area contributed by atoms with E-state index in [0.29, 0.717) is 11.2 Å². The van der Waals surface area contributed by atoms with E-state index in [9.17, 15) is 18.0 Å². The van der Waals surface area contributed by atoms with Crippen LogP contribution in [-0.2, 0) is 4.79 Å². The molecule has 2 radical (unpaired) electrons. The SMILES string of the molecule is CC(C)[C@@H](C(N)=O)N(CC(F)(F)F)c1cncc(-c2c[nH]c3ncc([As])cc23)c1. The Morgan fingerprint density at radius 1 is 1.28 bits per heavy atom. The molecule has 10 heteroatoms. The third-order valence-electron chi connectivity index (χ3n) is 4.49. The second-order valence-electron chi connectivity index (χ2n) is 7.06. The Labute approximate surface area is 174 Å². The standard InChI is InChI=1S/C19H19AsF3N5O/c1-10(2)16(17(24)29)28(9-19(21,22)23)13-3-11(5-25-7-13)15-8-27-18-14(15)4-12(20)6-26-18/h3-8,10,16H,9H2,1-2H3,(H2,24,29)(H,26,27)/t16-/m0/s1. The molecule has 1 amide bonds. The number of aromatic nitrogens is 3. The first-order valence-electron chi connectivity index (χ1n) is 8.81. The van der Waals surface area contributed by atoms with Crippen LogP contribution < -0.4 is 15.0 Å². The Bertz CT molecular complexity index is 1030. The molecule has 29 heavy (non-hydrogen) atoms. The summed E-state index contributed by atoms with van der Waals surface area (Å²) in [6.45, 7) is 2.00. The average Bonchev–Trinajstić information content (AvgIpc) is 3.02. The molecule has 0 aliphatic rings. The van der Waals surface area contributed by atoms with E-state index in [4.69, 9.17) is 5.73 Å². The number of hydrogen-bond acceptors (Lipinski definition) is 4. The fourth-order valence-electron chi connectivity index (χ4n) is 3.35. The molecule has 0 saturated heterocycles. The third-order valence-corrected chi connectivity index (χ3v) is 5.00. The van der Waals surface area contributed by atoms with Gasteiger partial charge >= 0.3 is 174 Å². The zero-order chi connectivity index (χ0) is 21.3. The number of rotatable bonds is 6. The Morgan fingerprint density at radius 3 is 2.62 bits per heavy atom. The minimum atomic E-state index is -4.52. The summed E-state index contributed by atoms with van der Waals surface area (Å²) in [7, 11) is 0. The summed E-state index contributed by atoms with van der Waals surface area (Å²) in [6, 6.07) is 2.36. The maximum absolute atomic E-state index is 13.3. The summed E-state index contributed by atoms with van der Waals surface area (Å²) in [6.07, 6.45) is 1.78. The molecule has 0 fully saturated rings. The molecule has 6 nitrogen and oxygen atoms in total. The van der Waals surface area contributed by atoms with E-state index in [1.165, 1.54) is 6.20 Å². The number of amides is 1. The molecule has 0 aromatic carbocycles. The topological polar surface area (TPSA) is 87.9 Å². The van der Waals surface area contributed by atoms with Crippen molar-refractivity contribution in [2.45, 2.75) is 26.1 Å². The summed E-state index contributed by atoms with van der Waals surface area (Å²) in [5.74, 6) is -1.24. The van der Waals surface area contributed by atoms with Crippen molar-refractivity contribution < 1.29 is 18.0 Å². The first-order chi connectivity index (χ1) is 13.6. The van der Waals surface area contributed by atoms with Crippen molar-refractivity contribution in [1.82, 2.24) is 15.0 Å². The number of alkyl halides is 3. The first-order valence-corrected chi connectivity index (χ1v) is 9.75. The predicted octanol–water partition coefficient (Wildman–Crippen LogP) is 2.30. The Hall–Kier alpha value is -2.54. The summed E-state index contributed by atoms with van der Waals surface area (Å²) in [4.78, 5) is 24.4. The molecule has 3 rings (SSSR count). The van der Waals surface area contributed by atoms with E-state index in [2.05, 4.69) is 31.8 Å². The number of halogens is 3. The number of pyridine rings is 2. The number of carbonyl (C=O) groups excluding carboxylic acids is 1. The van der Waals surface area contributed by atoms with Gasteiger partial charge in [0.2, 0.25) is 0 Å². The number of nitrogens with zero attached hydrogens (tertiary/aromatic N) is 3. The van der Waals surface area contributed by atoms with Crippen LogP contribution in [0, 0.1) is 5.92 Å². The molecule has 0 aliphatic carbocycles. The second-order valence-corrected chi connectivity index (χ2v) is 8.14. The van der Waals surface area contributed by atoms with E-state index in [-0.39, 0.29) is 5.69 Å². The third kappa shape index (κ3) is 4.72. The van der Waals surface area contributed by atoms with E-state index < -0.39 is 30.6 Å². The predicted molar refractivity (Wildman–Crippen MR) is 106 cm³/mol. The molecule has 152 valence electrons. The van der Waals surface area contributed by atoms with Crippen LogP contribution in [0.1, 0.15) is 13.8 Å². The summed E-state index contributed by atoms with van der Waals surface area (Å²) < 4.78 is 40.7. The van der Waals surface area contributed by atoms with Gasteiger partial charge in [0.05, 0.1) is 0 Å². The van der Waals surface area contributed by atoms with Gasteiger partial charge in [-0.2, -0.15) is 0 Å². The number of hydrogen-bond donors (Lipinski definition) is 2. The van der Waals surface area contributed by atoms with Crippen LogP contribution in [0.5, 0.6) is 0 Å². The minimum absolute atomic E-state index is 0.170. The molecular weight excluding hydrogens is 446 g/mol. The van der Waals surface area contributed by atoms with Gasteiger partial charge in [-0.3, -0.25) is 0 Å².